The number of benzene rings is 2. The number of allylic oxidation sites excluding steroid dienone is 2. The molecule has 1 saturated heterocycles. The number of ketones is 1. The second kappa shape index (κ2) is 9.82. The van der Waals surface area contributed by atoms with Crippen LogP contribution in [0.4, 0.5) is 5.69 Å². The Bertz CT molecular complexity index is 1990. The number of aliphatic hydroxyl groups excluding tert-OH is 1. The van der Waals surface area contributed by atoms with Crippen LogP contribution in [0.25, 0.3) is 21.9 Å². The number of fused-ring (bicyclic) bond motifs is 3. The Morgan fingerprint density at radius 3 is 2.66 bits per heavy atom. The number of aromatic amines is 2. The summed E-state index contributed by atoms with van der Waals surface area (Å²) in [5, 5.41) is 13.3. The first-order valence-corrected chi connectivity index (χ1v) is 15.2. The topological polar surface area (TPSA) is 131 Å². The number of piperidine rings is 1. The number of aryl methyl sites for hydroxylation is 1. The summed E-state index contributed by atoms with van der Waals surface area (Å²) in [6, 6.07) is 16.4. The number of para-hydroxylation sites is 1. The summed E-state index contributed by atoms with van der Waals surface area (Å²) in [4.78, 5) is 47.4. The highest BCUT2D eigenvalue weighted by Crippen LogP contribution is 2.67. The number of carbonyl (C=O) groups excluding carboxylic acids is 3. The van der Waals surface area contributed by atoms with Crippen molar-refractivity contribution in [2.45, 2.75) is 50.5 Å². The molecule has 9 nitrogen and oxygen atoms in total. The van der Waals surface area contributed by atoms with Gasteiger partial charge in [-0.1, -0.05) is 31.0 Å². The van der Waals surface area contributed by atoms with Gasteiger partial charge in [-0.05, 0) is 79.6 Å². The molecule has 222 valence electrons. The summed E-state index contributed by atoms with van der Waals surface area (Å²) in [7, 11) is 0. The molecule has 2 unspecified atom stereocenters. The molecule has 0 bridgehead atoms. The number of rotatable bonds is 3. The summed E-state index contributed by atoms with van der Waals surface area (Å²) in [5.41, 5.74) is 5.84. The highest BCUT2D eigenvalue weighted by Gasteiger charge is 2.68. The molecule has 5 aromatic rings. The van der Waals surface area contributed by atoms with Crippen LogP contribution in [0.15, 0.2) is 77.0 Å². The van der Waals surface area contributed by atoms with Crippen LogP contribution in [0.2, 0.25) is 0 Å². The summed E-state index contributed by atoms with van der Waals surface area (Å²) >= 11 is 0. The molecular weight excluding hydrogens is 556 g/mol. The molecule has 3 aromatic heterocycles. The third-order valence-corrected chi connectivity index (χ3v) is 9.62. The van der Waals surface area contributed by atoms with Crippen LogP contribution in [0, 0.1) is 12.8 Å². The number of aliphatic hydroxyl groups is 1. The van der Waals surface area contributed by atoms with Crippen molar-refractivity contribution in [2.75, 3.05) is 11.9 Å². The van der Waals surface area contributed by atoms with Crippen molar-refractivity contribution in [2.24, 2.45) is 5.92 Å². The van der Waals surface area contributed by atoms with Crippen molar-refractivity contribution in [1.29, 1.82) is 0 Å². The molecule has 2 saturated carbocycles. The molecule has 0 radical (unpaired) electrons. The smallest absolute Gasteiger partial charge is 0.291 e. The van der Waals surface area contributed by atoms with E-state index in [1.807, 2.05) is 49.5 Å². The molecule has 1 spiro atoms. The van der Waals surface area contributed by atoms with Crippen molar-refractivity contribution >= 4 is 45.2 Å². The number of anilines is 1. The van der Waals surface area contributed by atoms with Crippen molar-refractivity contribution in [3.05, 3.63) is 101 Å². The van der Waals surface area contributed by atoms with E-state index in [-0.39, 0.29) is 34.9 Å². The predicted octanol–water partition coefficient (Wildman–Crippen LogP) is 6.22. The van der Waals surface area contributed by atoms with E-state index in [0.29, 0.717) is 35.1 Å². The Kier molecular flexibility index (Phi) is 5.96. The van der Waals surface area contributed by atoms with Gasteiger partial charge in [-0.3, -0.25) is 14.4 Å². The number of aromatic nitrogens is 2. The van der Waals surface area contributed by atoms with E-state index in [1.165, 1.54) is 12.8 Å². The number of nitrogens with zero attached hydrogens (tertiary/aromatic N) is 1. The monoisotopic (exact) mass is 588 g/mol. The maximum absolute atomic E-state index is 13.7. The Hall–Kier alpha value is -4.89. The van der Waals surface area contributed by atoms with Crippen LogP contribution in [-0.4, -0.2) is 50.2 Å². The van der Waals surface area contributed by atoms with Gasteiger partial charge in [0, 0.05) is 51.9 Å². The normalized spacial score (nSPS) is 21.9. The van der Waals surface area contributed by atoms with Gasteiger partial charge in [0.1, 0.15) is 11.3 Å². The average molecular weight is 589 g/mol. The van der Waals surface area contributed by atoms with E-state index in [9.17, 15) is 14.4 Å². The van der Waals surface area contributed by atoms with Gasteiger partial charge in [0.15, 0.2) is 5.76 Å². The molecule has 4 heterocycles. The fourth-order valence-corrected chi connectivity index (χ4v) is 7.41. The standard InChI is InChI=1S/C30H22N4O4.C5H10O/c1-15-13-31-27-22(35)11-25-30(26(15)27)12-18(30)14-34(25)29(37)21-9-17-8-19(6-7-20(17)33-21)32-28(36)24-10-16-4-2-3-5-23(16)38-24;6-5-3-1-2-4-5/h2-11,13,18,31,33H,12,14H2,1H3,(H,32,36);5-6H,1-4H2. The number of carbonyl (C=O) groups is 3. The number of amides is 2. The first kappa shape index (κ1) is 26.7. The third kappa shape index (κ3) is 4.14. The van der Waals surface area contributed by atoms with Crippen LogP contribution >= 0.6 is 0 Å². The van der Waals surface area contributed by atoms with E-state index in [1.54, 1.807) is 29.2 Å². The minimum Gasteiger partial charge on any atom is -0.451 e. The van der Waals surface area contributed by atoms with Crippen LogP contribution in [0.3, 0.4) is 0 Å². The third-order valence-electron chi connectivity index (χ3n) is 9.62. The van der Waals surface area contributed by atoms with Gasteiger partial charge in [0.05, 0.1) is 11.8 Å². The summed E-state index contributed by atoms with van der Waals surface area (Å²) < 4.78 is 5.67. The Morgan fingerprint density at radius 1 is 1.07 bits per heavy atom. The van der Waals surface area contributed by atoms with E-state index in [2.05, 4.69) is 15.3 Å². The van der Waals surface area contributed by atoms with Crippen LogP contribution in [0.1, 0.15) is 74.8 Å². The Morgan fingerprint density at radius 2 is 1.89 bits per heavy atom. The number of furan rings is 1. The number of hydrogen-bond acceptors (Lipinski definition) is 5. The SMILES string of the molecule is Cc1c[nH]c2c1C13CC1CN(C(=O)c1cc4cc(NC(=O)c5cc6ccccc6o5)ccc4[nH]1)C3=CC2=O.OC1CCCC1. The Labute approximate surface area is 252 Å². The van der Waals surface area contributed by atoms with E-state index >= 15 is 0 Å². The molecular formula is C35H32N4O5. The maximum atomic E-state index is 13.7. The highest BCUT2D eigenvalue weighted by atomic mass is 16.3. The summed E-state index contributed by atoms with van der Waals surface area (Å²) in [6.45, 7) is 2.61. The predicted molar refractivity (Wildman–Crippen MR) is 166 cm³/mol. The number of likely N-dealkylation sites (tertiary alicyclic amines) is 1. The fraction of sp³-hybridized carbons (Fsp3) is 0.286. The van der Waals surface area contributed by atoms with Gasteiger partial charge in [0.2, 0.25) is 5.78 Å². The molecule has 3 aliphatic carbocycles. The zero-order valence-corrected chi connectivity index (χ0v) is 24.3. The minimum absolute atomic E-state index is 0.0463. The van der Waals surface area contributed by atoms with Gasteiger partial charge < -0.3 is 29.7 Å². The lowest BCUT2D eigenvalue weighted by Gasteiger charge is -2.28. The van der Waals surface area contributed by atoms with Crippen molar-refractivity contribution in [1.82, 2.24) is 14.9 Å². The second-order valence-electron chi connectivity index (χ2n) is 12.4. The van der Waals surface area contributed by atoms with E-state index in [0.717, 1.165) is 52.4 Å². The number of hydrogen-bond donors (Lipinski definition) is 4. The zero-order valence-electron chi connectivity index (χ0n) is 24.3. The van der Waals surface area contributed by atoms with Gasteiger partial charge in [-0.15, -0.1) is 0 Å². The first-order chi connectivity index (χ1) is 21.3. The lowest BCUT2D eigenvalue weighted by molar-refractivity contribution is 0.0806. The molecule has 2 amide bonds. The van der Waals surface area contributed by atoms with Crippen molar-refractivity contribution in [3.63, 3.8) is 0 Å². The van der Waals surface area contributed by atoms with Gasteiger partial charge in [0.25, 0.3) is 11.8 Å². The molecule has 1 aliphatic heterocycles. The quantitative estimate of drug-likeness (QED) is 0.199. The van der Waals surface area contributed by atoms with Crippen LogP contribution in [-0.2, 0) is 5.41 Å². The maximum Gasteiger partial charge on any atom is 0.291 e. The fourth-order valence-electron chi connectivity index (χ4n) is 7.41. The molecule has 44 heavy (non-hydrogen) atoms. The molecule has 9 rings (SSSR count). The summed E-state index contributed by atoms with van der Waals surface area (Å²) in [6.07, 6.45) is 9.09. The Balaban J connectivity index is 0.000000434. The second-order valence-corrected chi connectivity index (χ2v) is 12.4. The van der Waals surface area contributed by atoms with E-state index < -0.39 is 0 Å². The van der Waals surface area contributed by atoms with Crippen LogP contribution < -0.4 is 5.32 Å². The average Bonchev–Trinajstić information content (AvgIpc) is 3.65. The van der Waals surface area contributed by atoms with Crippen molar-refractivity contribution in [3.8, 4) is 0 Å². The molecule has 3 fully saturated rings. The van der Waals surface area contributed by atoms with Gasteiger partial charge in [-0.2, -0.15) is 0 Å². The lowest BCUT2D eigenvalue weighted by atomic mass is 9.83. The largest absolute Gasteiger partial charge is 0.451 e. The van der Waals surface area contributed by atoms with Crippen molar-refractivity contribution < 1.29 is 23.9 Å². The lowest BCUT2D eigenvalue weighted by Crippen LogP contribution is -2.34. The molecule has 4 N–H and O–H groups in total. The first-order valence-electron chi connectivity index (χ1n) is 15.2. The van der Waals surface area contributed by atoms with Gasteiger partial charge >= 0.3 is 0 Å². The number of nitrogens with one attached hydrogen (secondary N) is 3. The highest BCUT2D eigenvalue weighted by molar-refractivity contribution is 6.10. The zero-order chi connectivity index (χ0) is 30.2. The summed E-state index contributed by atoms with van der Waals surface area (Å²) in [5.74, 6) is -0.0310. The molecule has 9 heteroatoms. The van der Waals surface area contributed by atoms with Crippen LogP contribution in [0.5, 0.6) is 0 Å². The molecule has 4 aliphatic rings. The number of H-pyrrole nitrogens is 2. The minimum atomic E-state index is -0.345. The van der Waals surface area contributed by atoms with Gasteiger partial charge in [-0.25, -0.2) is 0 Å². The molecule has 2 atom stereocenters. The van der Waals surface area contributed by atoms with E-state index in [4.69, 9.17) is 9.52 Å². The molecule has 2 aromatic carbocycles.